The van der Waals surface area contributed by atoms with Gasteiger partial charge in [0.15, 0.2) is 0 Å². The lowest BCUT2D eigenvalue weighted by Crippen LogP contribution is -2.39. The second kappa shape index (κ2) is 6.33. The van der Waals surface area contributed by atoms with Crippen molar-refractivity contribution >= 4 is 28.8 Å². The van der Waals surface area contributed by atoms with Crippen molar-refractivity contribution in [3.63, 3.8) is 0 Å². The Morgan fingerprint density at radius 3 is 2.56 bits per heavy atom. The monoisotopic (exact) mass is 301 g/mol. The predicted octanol–water partition coefficient (Wildman–Crippen LogP) is 3.00. The molecule has 1 aromatic rings. The van der Waals surface area contributed by atoms with Crippen molar-refractivity contribution in [2.45, 2.75) is 25.9 Å². The van der Waals surface area contributed by atoms with E-state index in [2.05, 4.69) is 10.2 Å². The summed E-state index contributed by atoms with van der Waals surface area (Å²) in [5, 5.41) is 6.73. The van der Waals surface area contributed by atoms with Crippen LogP contribution in [0.4, 0.5) is 13.2 Å². The maximum absolute atomic E-state index is 12.4. The Labute approximate surface area is 111 Å². The Morgan fingerprint density at radius 1 is 1.44 bits per heavy atom. The molecule has 0 bridgehead atoms. The van der Waals surface area contributed by atoms with Crippen LogP contribution in [0.2, 0.25) is 4.47 Å². The van der Waals surface area contributed by atoms with Gasteiger partial charge in [0.2, 0.25) is 9.47 Å². The number of alkyl halides is 3. The van der Waals surface area contributed by atoms with Gasteiger partial charge in [-0.2, -0.15) is 13.2 Å². The number of unbranched alkanes of at least 4 members (excludes halogenated alkanes) is 1. The van der Waals surface area contributed by atoms with Gasteiger partial charge < -0.3 is 4.90 Å². The molecule has 0 saturated heterocycles. The molecule has 0 aliphatic carbocycles. The van der Waals surface area contributed by atoms with Gasteiger partial charge in [0, 0.05) is 6.54 Å². The molecule has 102 valence electrons. The molecule has 0 fully saturated rings. The molecule has 1 amide bonds. The molecule has 0 unspecified atom stereocenters. The van der Waals surface area contributed by atoms with Crippen molar-refractivity contribution in [3.05, 3.63) is 9.47 Å². The van der Waals surface area contributed by atoms with Crippen molar-refractivity contribution in [2.24, 2.45) is 0 Å². The molecule has 0 aliphatic rings. The summed E-state index contributed by atoms with van der Waals surface area (Å²) in [4.78, 5) is 12.5. The van der Waals surface area contributed by atoms with Crippen molar-refractivity contribution in [1.29, 1.82) is 0 Å². The van der Waals surface area contributed by atoms with Gasteiger partial charge in [-0.15, -0.1) is 10.2 Å². The van der Waals surface area contributed by atoms with Crippen LogP contribution in [-0.2, 0) is 0 Å². The van der Waals surface area contributed by atoms with Gasteiger partial charge in [-0.3, -0.25) is 4.79 Å². The fourth-order valence-electron chi connectivity index (χ4n) is 1.24. The Balaban J connectivity index is 2.78. The lowest BCUT2D eigenvalue weighted by molar-refractivity contribution is -0.140. The van der Waals surface area contributed by atoms with Gasteiger partial charge in [-0.1, -0.05) is 24.7 Å². The average Bonchev–Trinajstić information content (AvgIpc) is 2.68. The maximum atomic E-state index is 12.4. The van der Waals surface area contributed by atoms with Gasteiger partial charge in [-0.05, 0) is 18.0 Å². The number of rotatable bonds is 5. The quantitative estimate of drug-likeness (QED) is 0.840. The zero-order valence-electron chi connectivity index (χ0n) is 9.50. The first kappa shape index (κ1) is 15.2. The Bertz CT molecular complexity index is 410. The fourth-order valence-corrected chi connectivity index (χ4v) is 2.04. The predicted molar refractivity (Wildman–Crippen MR) is 61.8 cm³/mol. The molecule has 1 rings (SSSR count). The average molecular weight is 302 g/mol. The highest BCUT2D eigenvalue weighted by Crippen LogP contribution is 2.21. The molecular formula is C9H11ClF3N3OS. The summed E-state index contributed by atoms with van der Waals surface area (Å²) in [6.07, 6.45) is -3.25. The van der Waals surface area contributed by atoms with E-state index in [1.54, 1.807) is 0 Å². The lowest BCUT2D eigenvalue weighted by atomic mass is 10.3. The van der Waals surface area contributed by atoms with Crippen molar-refractivity contribution in [1.82, 2.24) is 15.1 Å². The first-order chi connectivity index (χ1) is 8.33. The molecule has 0 radical (unpaired) electrons. The minimum absolute atomic E-state index is 0.0285. The van der Waals surface area contributed by atoms with E-state index in [1.807, 2.05) is 6.92 Å². The van der Waals surface area contributed by atoms with E-state index in [0.717, 1.165) is 16.2 Å². The van der Waals surface area contributed by atoms with Gasteiger partial charge >= 0.3 is 6.18 Å². The molecule has 9 heteroatoms. The standard InChI is InChI=1S/C9H11ClF3N3OS/c1-2-3-4-16(5-9(11,12)13)7(17)6-14-15-8(10)18-6/h2-5H2,1H3. The van der Waals surface area contributed by atoms with Crippen LogP contribution in [-0.4, -0.2) is 40.3 Å². The number of carbonyl (C=O) groups is 1. The maximum Gasteiger partial charge on any atom is 0.406 e. The summed E-state index contributed by atoms with van der Waals surface area (Å²) < 4.78 is 37.1. The van der Waals surface area contributed by atoms with Crippen LogP contribution in [0.15, 0.2) is 0 Å². The molecule has 0 spiro atoms. The van der Waals surface area contributed by atoms with Crippen LogP contribution in [0.1, 0.15) is 29.6 Å². The molecule has 1 aromatic heterocycles. The number of nitrogens with zero attached hydrogens (tertiary/aromatic N) is 3. The zero-order valence-corrected chi connectivity index (χ0v) is 11.1. The van der Waals surface area contributed by atoms with E-state index in [9.17, 15) is 18.0 Å². The van der Waals surface area contributed by atoms with Crippen molar-refractivity contribution in [2.75, 3.05) is 13.1 Å². The van der Waals surface area contributed by atoms with Crippen LogP contribution in [0, 0.1) is 0 Å². The van der Waals surface area contributed by atoms with Crippen molar-refractivity contribution < 1.29 is 18.0 Å². The number of aromatic nitrogens is 2. The lowest BCUT2D eigenvalue weighted by Gasteiger charge is -2.22. The summed E-state index contributed by atoms with van der Waals surface area (Å²) in [7, 11) is 0. The van der Waals surface area contributed by atoms with E-state index >= 15 is 0 Å². The van der Waals surface area contributed by atoms with E-state index in [0.29, 0.717) is 12.8 Å². The van der Waals surface area contributed by atoms with Crippen molar-refractivity contribution in [3.8, 4) is 0 Å². The van der Waals surface area contributed by atoms with Crippen LogP contribution in [0.25, 0.3) is 0 Å². The topological polar surface area (TPSA) is 46.1 Å². The molecule has 0 N–H and O–H groups in total. The van der Waals surface area contributed by atoms with Gasteiger partial charge in [0.1, 0.15) is 6.54 Å². The molecule has 0 atom stereocenters. The van der Waals surface area contributed by atoms with E-state index in [1.165, 1.54) is 0 Å². The highest BCUT2D eigenvalue weighted by molar-refractivity contribution is 7.17. The molecule has 0 aliphatic heterocycles. The minimum atomic E-state index is -4.43. The molecule has 4 nitrogen and oxygen atoms in total. The molecule has 0 aromatic carbocycles. The zero-order chi connectivity index (χ0) is 13.8. The van der Waals surface area contributed by atoms with Gasteiger partial charge in [0.25, 0.3) is 5.91 Å². The normalized spacial score (nSPS) is 11.6. The third-order valence-electron chi connectivity index (χ3n) is 2.02. The number of hydrogen-bond donors (Lipinski definition) is 0. The SMILES string of the molecule is CCCCN(CC(F)(F)F)C(=O)c1nnc(Cl)s1. The highest BCUT2D eigenvalue weighted by Gasteiger charge is 2.34. The summed E-state index contributed by atoms with van der Waals surface area (Å²) in [6, 6.07) is 0. The first-order valence-corrected chi connectivity index (χ1v) is 6.38. The summed E-state index contributed by atoms with van der Waals surface area (Å²) in [5.74, 6) is -0.787. The summed E-state index contributed by atoms with van der Waals surface area (Å²) in [5.41, 5.74) is 0. The Hall–Kier alpha value is -0.890. The minimum Gasteiger partial charge on any atom is -0.327 e. The number of amides is 1. The van der Waals surface area contributed by atoms with E-state index in [-0.39, 0.29) is 16.0 Å². The number of hydrogen-bond acceptors (Lipinski definition) is 4. The number of carbonyl (C=O) groups excluding carboxylic acids is 1. The molecular weight excluding hydrogens is 291 g/mol. The van der Waals surface area contributed by atoms with Crippen LogP contribution in [0.3, 0.4) is 0 Å². The second-order valence-corrected chi connectivity index (χ2v) is 5.12. The highest BCUT2D eigenvalue weighted by atomic mass is 35.5. The molecule has 1 heterocycles. The van der Waals surface area contributed by atoms with E-state index in [4.69, 9.17) is 11.6 Å². The van der Waals surface area contributed by atoms with E-state index < -0.39 is 18.6 Å². The van der Waals surface area contributed by atoms with Gasteiger partial charge in [0.05, 0.1) is 0 Å². The molecule has 0 saturated carbocycles. The third-order valence-corrected chi connectivity index (χ3v) is 3.03. The fraction of sp³-hybridized carbons (Fsp3) is 0.667. The largest absolute Gasteiger partial charge is 0.406 e. The first-order valence-electron chi connectivity index (χ1n) is 5.18. The summed E-state index contributed by atoms with van der Waals surface area (Å²) >= 11 is 6.27. The molecule has 18 heavy (non-hydrogen) atoms. The Morgan fingerprint density at radius 2 is 2.11 bits per heavy atom. The van der Waals surface area contributed by atoms with Gasteiger partial charge in [-0.25, -0.2) is 0 Å². The smallest absolute Gasteiger partial charge is 0.327 e. The second-order valence-electron chi connectivity index (χ2n) is 3.56. The summed E-state index contributed by atoms with van der Waals surface area (Å²) in [6.45, 7) is 0.577. The Kier molecular flexibility index (Phi) is 5.33. The van der Waals surface area contributed by atoms with Crippen LogP contribution in [0.5, 0.6) is 0 Å². The number of halogens is 4. The van der Waals surface area contributed by atoms with Crippen LogP contribution < -0.4 is 0 Å². The third kappa shape index (κ3) is 4.77. The van der Waals surface area contributed by atoms with Crippen LogP contribution >= 0.6 is 22.9 Å².